The average molecular weight is 383 g/mol. The quantitative estimate of drug-likeness (QED) is 0.651. The van der Waals surface area contributed by atoms with Gasteiger partial charge in [0.1, 0.15) is 5.75 Å². The Bertz CT molecular complexity index is 757. The van der Waals surface area contributed by atoms with Crippen molar-refractivity contribution in [3.8, 4) is 5.75 Å². The fourth-order valence-corrected chi connectivity index (χ4v) is 2.99. The number of carbonyl (C=O) groups excluding carboxylic acids is 2. The lowest BCUT2D eigenvalue weighted by atomic mass is 10.2. The molecule has 0 aliphatic rings. The van der Waals surface area contributed by atoms with Gasteiger partial charge in [-0.1, -0.05) is 30.3 Å². The lowest BCUT2D eigenvalue weighted by molar-refractivity contribution is -0.131. The van der Waals surface area contributed by atoms with Crippen LogP contribution in [0.2, 0.25) is 0 Å². The summed E-state index contributed by atoms with van der Waals surface area (Å²) in [5.74, 6) is 0.715. The highest BCUT2D eigenvalue weighted by Gasteiger charge is 2.17. The SMILES string of the molecule is CCN(Cc1ccccc1)C(=O)CCN(C(C)=O)c1ccc(OC(C)C)cc1. The smallest absolute Gasteiger partial charge is 0.224 e. The number of anilines is 1. The average Bonchev–Trinajstić information content (AvgIpc) is 2.67. The van der Waals surface area contributed by atoms with Crippen LogP contribution in [-0.2, 0) is 16.1 Å². The monoisotopic (exact) mass is 382 g/mol. The van der Waals surface area contributed by atoms with E-state index >= 15 is 0 Å². The summed E-state index contributed by atoms with van der Waals surface area (Å²) in [6.07, 6.45) is 0.377. The van der Waals surface area contributed by atoms with E-state index < -0.39 is 0 Å². The third-order valence-corrected chi connectivity index (χ3v) is 4.40. The van der Waals surface area contributed by atoms with Crippen LogP contribution in [0.3, 0.4) is 0 Å². The number of hydrogen-bond donors (Lipinski definition) is 0. The molecule has 0 bridgehead atoms. The van der Waals surface area contributed by atoms with Crippen molar-refractivity contribution >= 4 is 17.5 Å². The van der Waals surface area contributed by atoms with E-state index in [2.05, 4.69) is 0 Å². The standard InChI is InChI=1S/C23H30N2O3/c1-5-24(17-20-9-7-6-8-10-20)23(27)15-16-25(19(4)26)21-11-13-22(14-12-21)28-18(2)3/h6-14,18H,5,15-17H2,1-4H3. The van der Waals surface area contributed by atoms with Crippen molar-refractivity contribution in [2.75, 3.05) is 18.0 Å². The Hall–Kier alpha value is -2.82. The molecule has 0 atom stereocenters. The van der Waals surface area contributed by atoms with Crippen molar-refractivity contribution in [3.63, 3.8) is 0 Å². The highest BCUT2D eigenvalue weighted by atomic mass is 16.5. The molecule has 0 radical (unpaired) electrons. The maximum Gasteiger partial charge on any atom is 0.224 e. The highest BCUT2D eigenvalue weighted by Crippen LogP contribution is 2.21. The van der Waals surface area contributed by atoms with Crippen molar-refractivity contribution in [1.82, 2.24) is 4.90 Å². The van der Waals surface area contributed by atoms with E-state index in [1.165, 1.54) is 6.92 Å². The summed E-state index contributed by atoms with van der Waals surface area (Å²) in [6.45, 7) is 8.99. The predicted molar refractivity (Wildman–Crippen MR) is 112 cm³/mol. The molecule has 2 aromatic rings. The molecular weight excluding hydrogens is 352 g/mol. The number of amides is 2. The van der Waals surface area contributed by atoms with Crippen LogP contribution in [0.5, 0.6) is 5.75 Å². The Labute approximate surface area is 167 Å². The fraction of sp³-hybridized carbons (Fsp3) is 0.391. The first-order valence-electron chi connectivity index (χ1n) is 9.77. The van der Waals surface area contributed by atoms with Crippen LogP contribution in [0.4, 0.5) is 5.69 Å². The molecule has 0 fully saturated rings. The summed E-state index contributed by atoms with van der Waals surface area (Å²) in [5.41, 5.74) is 1.87. The molecule has 0 aliphatic carbocycles. The van der Waals surface area contributed by atoms with Gasteiger partial charge in [-0.25, -0.2) is 0 Å². The van der Waals surface area contributed by atoms with Gasteiger partial charge in [0.25, 0.3) is 0 Å². The van der Waals surface area contributed by atoms with Crippen molar-refractivity contribution in [3.05, 3.63) is 60.2 Å². The molecule has 0 saturated heterocycles. The van der Waals surface area contributed by atoms with Crippen molar-refractivity contribution in [1.29, 1.82) is 0 Å². The fourth-order valence-electron chi connectivity index (χ4n) is 2.99. The minimum absolute atomic E-state index is 0.0392. The van der Waals surface area contributed by atoms with E-state index in [0.717, 1.165) is 17.0 Å². The van der Waals surface area contributed by atoms with E-state index in [1.807, 2.05) is 80.3 Å². The summed E-state index contributed by atoms with van der Waals surface area (Å²) in [4.78, 5) is 28.2. The molecule has 2 aromatic carbocycles. The van der Waals surface area contributed by atoms with Gasteiger partial charge in [-0.2, -0.15) is 0 Å². The number of benzene rings is 2. The molecule has 0 aliphatic heterocycles. The van der Waals surface area contributed by atoms with E-state index in [-0.39, 0.29) is 24.3 Å². The van der Waals surface area contributed by atoms with Crippen molar-refractivity contribution in [2.24, 2.45) is 0 Å². The molecule has 28 heavy (non-hydrogen) atoms. The second kappa shape index (κ2) is 10.5. The third kappa shape index (κ3) is 6.41. The summed E-state index contributed by atoms with van der Waals surface area (Å²) in [7, 11) is 0. The van der Waals surface area contributed by atoms with Crippen LogP contribution in [0.1, 0.15) is 39.7 Å². The summed E-state index contributed by atoms with van der Waals surface area (Å²) in [5, 5.41) is 0. The lowest BCUT2D eigenvalue weighted by Crippen LogP contribution is -2.36. The van der Waals surface area contributed by atoms with Crippen LogP contribution >= 0.6 is 0 Å². The van der Waals surface area contributed by atoms with Gasteiger partial charge in [0.05, 0.1) is 6.10 Å². The van der Waals surface area contributed by atoms with Gasteiger partial charge in [-0.05, 0) is 50.6 Å². The second-order valence-electron chi connectivity index (χ2n) is 6.97. The van der Waals surface area contributed by atoms with Gasteiger partial charge in [-0.3, -0.25) is 9.59 Å². The van der Waals surface area contributed by atoms with E-state index in [9.17, 15) is 9.59 Å². The van der Waals surface area contributed by atoms with E-state index in [4.69, 9.17) is 4.74 Å². The van der Waals surface area contributed by atoms with Crippen LogP contribution in [-0.4, -0.2) is 35.9 Å². The topological polar surface area (TPSA) is 49.9 Å². The third-order valence-electron chi connectivity index (χ3n) is 4.40. The zero-order valence-corrected chi connectivity index (χ0v) is 17.2. The number of hydrogen-bond acceptors (Lipinski definition) is 3. The van der Waals surface area contributed by atoms with Crippen LogP contribution in [0, 0.1) is 0 Å². The van der Waals surface area contributed by atoms with Crippen LogP contribution in [0.15, 0.2) is 54.6 Å². The van der Waals surface area contributed by atoms with Gasteiger partial charge in [0.2, 0.25) is 11.8 Å². The second-order valence-corrected chi connectivity index (χ2v) is 6.97. The first kappa shape index (κ1) is 21.5. The minimum Gasteiger partial charge on any atom is -0.491 e. The number of nitrogens with zero attached hydrogens (tertiary/aromatic N) is 2. The number of rotatable bonds is 9. The Balaban J connectivity index is 1.99. The van der Waals surface area contributed by atoms with Gasteiger partial charge in [-0.15, -0.1) is 0 Å². The molecular formula is C23H30N2O3. The Kier molecular flexibility index (Phi) is 8.05. The molecule has 0 aromatic heterocycles. The molecule has 2 amide bonds. The molecule has 2 rings (SSSR count). The molecule has 0 spiro atoms. The van der Waals surface area contributed by atoms with Gasteiger partial charge in [0.15, 0.2) is 0 Å². The van der Waals surface area contributed by atoms with E-state index in [0.29, 0.717) is 19.6 Å². The van der Waals surface area contributed by atoms with Crippen molar-refractivity contribution in [2.45, 2.75) is 46.8 Å². The van der Waals surface area contributed by atoms with Gasteiger partial charge < -0.3 is 14.5 Å². The van der Waals surface area contributed by atoms with Crippen molar-refractivity contribution < 1.29 is 14.3 Å². The molecule has 5 nitrogen and oxygen atoms in total. The lowest BCUT2D eigenvalue weighted by Gasteiger charge is -2.25. The zero-order chi connectivity index (χ0) is 20.5. The Morgan fingerprint density at radius 3 is 2.18 bits per heavy atom. The number of ether oxygens (including phenoxy) is 1. The molecule has 0 saturated carbocycles. The molecule has 0 unspecified atom stereocenters. The van der Waals surface area contributed by atoms with Crippen LogP contribution in [0.25, 0.3) is 0 Å². The summed E-state index contributed by atoms with van der Waals surface area (Å²) in [6, 6.07) is 17.3. The largest absolute Gasteiger partial charge is 0.491 e. The zero-order valence-electron chi connectivity index (χ0n) is 17.2. The van der Waals surface area contributed by atoms with Gasteiger partial charge in [0, 0.05) is 38.7 Å². The van der Waals surface area contributed by atoms with Crippen LogP contribution < -0.4 is 9.64 Å². The highest BCUT2D eigenvalue weighted by molar-refractivity contribution is 5.92. The predicted octanol–water partition coefficient (Wildman–Crippen LogP) is 4.27. The summed E-state index contributed by atoms with van der Waals surface area (Å²) >= 11 is 0. The van der Waals surface area contributed by atoms with Gasteiger partial charge >= 0.3 is 0 Å². The molecule has 5 heteroatoms. The normalized spacial score (nSPS) is 10.6. The Morgan fingerprint density at radius 2 is 1.64 bits per heavy atom. The number of carbonyl (C=O) groups is 2. The molecule has 0 N–H and O–H groups in total. The minimum atomic E-state index is -0.0866. The van der Waals surface area contributed by atoms with E-state index in [1.54, 1.807) is 4.90 Å². The molecule has 150 valence electrons. The maximum absolute atomic E-state index is 12.7. The first-order chi connectivity index (χ1) is 13.4. The first-order valence-corrected chi connectivity index (χ1v) is 9.77. The maximum atomic E-state index is 12.7. The molecule has 0 heterocycles. The summed E-state index contributed by atoms with van der Waals surface area (Å²) < 4.78 is 5.65. The Morgan fingerprint density at radius 1 is 1.00 bits per heavy atom.